The Morgan fingerprint density at radius 3 is 2.83 bits per heavy atom. The molecule has 1 fully saturated rings. The Labute approximate surface area is 132 Å². The highest BCUT2D eigenvalue weighted by molar-refractivity contribution is 6.06. The zero-order chi connectivity index (χ0) is 16.6. The van der Waals surface area contributed by atoms with Crippen LogP contribution in [0.4, 0.5) is 0 Å². The van der Waals surface area contributed by atoms with E-state index in [0.717, 1.165) is 5.39 Å². The molecule has 23 heavy (non-hydrogen) atoms. The second-order valence-corrected chi connectivity index (χ2v) is 5.80. The number of β-amino-alcohol motifs (C(OH)–C–C–N with tert-alkyl or cyclic N) is 1. The molecule has 122 valence electrons. The number of aliphatic hydroxyl groups excluding tert-OH is 1. The number of likely N-dealkylation sites (N-methyl/N-ethyl adjacent to an activating group) is 1. The third-order valence-corrected chi connectivity index (χ3v) is 4.21. The fraction of sp³-hybridized carbons (Fsp3) is 0.375. The van der Waals surface area contributed by atoms with E-state index in [0.29, 0.717) is 11.1 Å². The molecule has 2 aromatic rings. The van der Waals surface area contributed by atoms with Crippen LogP contribution < -0.4 is 0 Å². The zero-order valence-electron chi connectivity index (χ0n) is 12.7. The lowest BCUT2D eigenvalue weighted by Crippen LogP contribution is -2.43. The van der Waals surface area contributed by atoms with Gasteiger partial charge in [0.25, 0.3) is 5.91 Å². The van der Waals surface area contributed by atoms with Crippen LogP contribution in [0.2, 0.25) is 0 Å². The molecule has 3 rings (SSSR count). The summed E-state index contributed by atoms with van der Waals surface area (Å²) in [7, 11) is 1.63. The number of fused-ring (bicyclic) bond motifs is 1. The number of likely N-dealkylation sites (tertiary alicyclic amines) is 1. The first-order valence-corrected chi connectivity index (χ1v) is 7.33. The van der Waals surface area contributed by atoms with Crippen LogP contribution in [-0.2, 0) is 4.79 Å². The molecule has 7 nitrogen and oxygen atoms in total. The number of carboxylic acids is 1. The number of carboxylic acid groups (broad SMARTS) is 1. The Kier molecular flexibility index (Phi) is 4.06. The van der Waals surface area contributed by atoms with E-state index in [1.165, 1.54) is 11.2 Å². The topological polar surface area (TPSA) is 94.2 Å². The lowest BCUT2D eigenvalue weighted by molar-refractivity contribution is -0.138. The Morgan fingerprint density at radius 2 is 2.09 bits per heavy atom. The van der Waals surface area contributed by atoms with Gasteiger partial charge in [0.15, 0.2) is 0 Å². The molecule has 1 saturated heterocycles. The van der Waals surface area contributed by atoms with E-state index in [4.69, 9.17) is 9.52 Å². The predicted molar refractivity (Wildman–Crippen MR) is 82.2 cm³/mol. The number of para-hydroxylation sites is 1. The summed E-state index contributed by atoms with van der Waals surface area (Å²) in [5, 5.41) is 19.7. The fourth-order valence-corrected chi connectivity index (χ4v) is 3.01. The second kappa shape index (κ2) is 6.02. The van der Waals surface area contributed by atoms with Crippen molar-refractivity contribution in [2.45, 2.75) is 12.1 Å². The summed E-state index contributed by atoms with van der Waals surface area (Å²) in [4.78, 5) is 26.6. The first-order chi connectivity index (χ1) is 11.0. The summed E-state index contributed by atoms with van der Waals surface area (Å²) in [5.74, 6) is -1.19. The molecule has 2 atom stereocenters. The van der Waals surface area contributed by atoms with E-state index in [2.05, 4.69) is 0 Å². The molecule has 0 aliphatic carbocycles. The van der Waals surface area contributed by atoms with Gasteiger partial charge in [-0.2, -0.15) is 0 Å². The maximum atomic E-state index is 12.7. The average Bonchev–Trinajstić information content (AvgIpc) is 3.09. The molecule has 0 bridgehead atoms. The van der Waals surface area contributed by atoms with Gasteiger partial charge in [0.2, 0.25) is 0 Å². The third kappa shape index (κ3) is 2.93. The van der Waals surface area contributed by atoms with Gasteiger partial charge in [0, 0.05) is 18.5 Å². The van der Waals surface area contributed by atoms with Gasteiger partial charge >= 0.3 is 5.97 Å². The number of hydrogen-bond acceptors (Lipinski definition) is 5. The maximum Gasteiger partial charge on any atom is 0.317 e. The fourth-order valence-electron chi connectivity index (χ4n) is 3.01. The number of rotatable bonds is 4. The van der Waals surface area contributed by atoms with Crippen molar-refractivity contribution in [3.63, 3.8) is 0 Å². The SMILES string of the molecule is CN(CC(=O)O)C1CN(C(=O)c2coc3ccccc23)C[C@H]1O. The number of nitrogens with zero attached hydrogens (tertiary/aromatic N) is 2. The normalized spacial score (nSPS) is 21.3. The van der Waals surface area contributed by atoms with E-state index >= 15 is 0 Å². The van der Waals surface area contributed by atoms with E-state index < -0.39 is 18.1 Å². The van der Waals surface area contributed by atoms with Crippen LogP contribution in [0.5, 0.6) is 0 Å². The molecule has 1 aromatic carbocycles. The summed E-state index contributed by atoms with van der Waals surface area (Å²) in [5.41, 5.74) is 1.09. The summed E-state index contributed by atoms with van der Waals surface area (Å²) >= 11 is 0. The number of carbonyl (C=O) groups is 2. The van der Waals surface area contributed by atoms with Crippen LogP contribution in [0.1, 0.15) is 10.4 Å². The molecule has 1 aliphatic rings. The van der Waals surface area contributed by atoms with Crippen molar-refractivity contribution in [3.8, 4) is 0 Å². The molecule has 1 aromatic heterocycles. The van der Waals surface area contributed by atoms with Gasteiger partial charge in [-0.3, -0.25) is 14.5 Å². The molecule has 0 radical (unpaired) electrons. The highest BCUT2D eigenvalue weighted by atomic mass is 16.4. The molecule has 1 aliphatic heterocycles. The van der Waals surface area contributed by atoms with Crippen LogP contribution in [0, 0.1) is 0 Å². The average molecular weight is 318 g/mol. The number of furan rings is 1. The van der Waals surface area contributed by atoms with Crippen molar-refractivity contribution in [1.82, 2.24) is 9.80 Å². The van der Waals surface area contributed by atoms with E-state index in [1.807, 2.05) is 18.2 Å². The molecule has 1 amide bonds. The number of aliphatic hydroxyl groups is 1. The summed E-state index contributed by atoms with van der Waals surface area (Å²) in [6.07, 6.45) is 0.648. The summed E-state index contributed by atoms with van der Waals surface area (Å²) in [6, 6.07) is 6.86. The van der Waals surface area contributed by atoms with Crippen molar-refractivity contribution < 1.29 is 24.2 Å². The van der Waals surface area contributed by atoms with Gasteiger partial charge in [0.05, 0.1) is 24.3 Å². The van der Waals surface area contributed by atoms with Crippen LogP contribution in [0.15, 0.2) is 34.9 Å². The highest BCUT2D eigenvalue weighted by Gasteiger charge is 2.37. The second-order valence-electron chi connectivity index (χ2n) is 5.80. The van der Waals surface area contributed by atoms with Gasteiger partial charge in [-0.05, 0) is 13.1 Å². The minimum absolute atomic E-state index is 0.174. The van der Waals surface area contributed by atoms with Gasteiger partial charge in [-0.15, -0.1) is 0 Å². The molecule has 2 N–H and O–H groups in total. The molecule has 1 unspecified atom stereocenters. The lowest BCUT2D eigenvalue weighted by atomic mass is 10.1. The number of hydrogen-bond donors (Lipinski definition) is 2. The smallest absolute Gasteiger partial charge is 0.317 e. The third-order valence-electron chi connectivity index (χ3n) is 4.21. The monoisotopic (exact) mass is 318 g/mol. The number of carbonyl (C=O) groups excluding carboxylic acids is 1. The predicted octanol–water partition coefficient (Wildman–Crippen LogP) is 0.634. The Morgan fingerprint density at radius 1 is 1.35 bits per heavy atom. The van der Waals surface area contributed by atoms with Crippen LogP contribution in [-0.4, -0.2) is 70.7 Å². The lowest BCUT2D eigenvalue weighted by Gasteiger charge is -2.24. The quantitative estimate of drug-likeness (QED) is 0.859. The number of benzene rings is 1. The van der Waals surface area contributed by atoms with Crippen molar-refractivity contribution in [2.24, 2.45) is 0 Å². The maximum absolute atomic E-state index is 12.7. The number of aliphatic carboxylic acids is 1. The van der Waals surface area contributed by atoms with Gasteiger partial charge < -0.3 is 19.5 Å². The molecular formula is C16H18N2O5. The van der Waals surface area contributed by atoms with E-state index in [9.17, 15) is 14.7 Å². The Balaban J connectivity index is 1.78. The first-order valence-electron chi connectivity index (χ1n) is 7.33. The Bertz CT molecular complexity index is 741. The molecule has 0 saturated carbocycles. The summed E-state index contributed by atoms with van der Waals surface area (Å²) in [6.45, 7) is 0.272. The van der Waals surface area contributed by atoms with Crippen LogP contribution >= 0.6 is 0 Å². The van der Waals surface area contributed by atoms with Crippen molar-refractivity contribution in [2.75, 3.05) is 26.7 Å². The minimum Gasteiger partial charge on any atom is -0.480 e. The van der Waals surface area contributed by atoms with E-state index in [-0.39, 0.29) is 25.5 Å². The van der Waals surface area contributed by atoms with Crippen molar-refractivity contribution in [3.05, 3.63) is 36.1 Å². The van der Waals surface area contributed by atoms with Crippen molar-refractivity contribution in [1.29, 1.82) is 0 Å². The van der Waals surface area contributed by atoms with Gasteiger partial charge in [-0.1, -0.05) is 18.2 Å². The van der Waals surface area contributed by atoms with Crippen LogP contribution in [0.3, 0.4) is 0 Å². The van der Waals surface area contributed by atoms with Gasteiger partial charge in [-0.25, -0.2) is 0 Å². The molecule has 7 heteroatoms. The highest BCUT2D eigenvalue weighted by Crippen LogP contribution is 2.24. The molecular weight excluding hydrogens is 300 g/mol. The largest absolute Gasteiger partial charge is 0.480 e. The van der Waals surface area contributed by atoms with Crippen LogP contribution in [0.25, 0.3) is 11.0 Å². The first kappa shape index (κ1) is 15.5. The molecule has 0 spiro atoms. The van der Waals surface area contributed by atoms with E-state index in [1.54, 1.807) is 18.0 Å². The molecule has 2 heterocycles. The standard InChI is InChI=1S/C16H18N2O5/c1-17(8-15(20)21)12-6-18(7-13(12)19)16(22)11-9-23-14-5-3-2-4-10(11)14/h2-5,9,12-13,19H,6-8H2,1H3,(H,20,21)/t12?,13-/m1/s1. The minimum atomic E-state index is -0.967. The zero-order valence-corrected chi connectivity index (χ0v) is 12.7. The van der Waals surface area contributed by atoms with Crippen molar-refractivity contribution >= 4 is 22.8 Å². The Hall–Kier alpha value is -2.38. The summed E-state index contributed by atoms with van der Waals surface area (Å²) < 4.78 is 5.39. The number of amides is 1. The van der Waals surface area contributed by atoms with Gasteiger partial charge in [0.1, 0.15) is 11.8 Å².